The predicted molar refractivity (Wildman–Crippen MR) is 104 cm³/mol. The predicted octanol–water partition coefficient (Wildman–Crippen LogP) is 3.46. The number of anilines is 1. The Morgan fingerprint density at radius 2 is 2.30 bits per heavy atom. The lowest BCUT2D eigenvalue weighted by atomic mass is 9.94. The lowest BCUT2D eigenvalue weighted by Crippen LogP contribution is -2.36. The molecule has 0 aromatic heterocycles. The number of benzene rings is 1. The molecule has 1 heterocycles. The maximum atomic E-state index is 15.4. The second kappa shape index (κ2) is 7.92. The van der Waals surface area contributed by atoms with Crippen LogP contribution in [-0.2, 0) is 9.53 Å². The molecule has 1 aromatic rings. The maximum Gasteiger partial charge on any atom is 0.339 e. The molecule has 140 valence electrons. The molecule has 2 aliphatic rings. The largest absolute Gasteiger partial charge is 0.465 e. The van der Waals surface area contributed by atoms with Crippen LogP contribution in [-0.4, -0.2) is 43.1 Å². The van der Waals surface area contributed by atoms with Crippen molar-refractivity contribution < 1.29 is 13.9 Å². The van der Waals surface area contributed by atoms with E-state index in [1.165, 1.54) is 13.4 Å². The summed E-state index contributed by atoms with van der Waals surface area (Å²) >= 11 is 3.40. The Morgan fingerprint density at radius 3 is 2.96 bits per heavy atom. The van der Waals surface area contributed by atoms with Crippen LogP contribution in [0.5, 0.6) is 0 Å². The number of nitrogens with zero attached hydrogens (tertiary/aromatic N) is 3. The van der Waals surface area contributed by atoms with Gasteiger partial charge in [-0.1, -0.05) is 15.9 Å². The van der Waals surface area contributed by atoms with E-state index in [0.29, 0.717) is 17.9 Å². The fourth-order valence-corrected chi connectivity index (χ4v) is 3.55. The topological polar surface area (TPSA) is 77.7 Å². The van der Waals surface area contributed by atoms with E-state index in [4.69, 9.17) is 10.00 Å². The van der Waals surface area contributed by atoms with Crippen LogP contribution in [0, 0.1) is 18.3 Å². The fraction of sp³-hybridized carbons (Fsp3) is 0.316. The fourth-order valence-electron chi connectivity index (χ4n) is 3.08. The van der Waals surface area contributed by atoms with Crippen molar-refractivity contribution in [1.82, 2.24) is 4.90 Å². The molecule has 27 heavy (non-hydrogen) atoms. The molecule has 0 amide bonds. The van der Waals surface area contributed by atoms with Gasteiger partial charge in [-0.3, -0.25) is 4.99 Å². The second-order valence-electron chi connectivity index (χ2n) is 6.19. The quantitative estimate of drug-likeness (QED) is 0.720. The molecular formula is C19H18BrFN4O2. The molecule has 1 N–H and O–H groups in total. The number of aryl methyl sites for hydroxylation is 1. The lowest BCUT2D eigenvalue weighted by molar-refractivity contribution is -0.135. The Bertz CT molecular complexity index is 903. The number of carbonyl (C=O) groups is 1. The number of alkyl halides is 1. The maximum absolute atomic E-state index is 15.4. The zero-order valence-electron chi connectivity index (χ0n) is 14.9. The number of methoxy groups -OCH3 is 1. The Balaban J connectivity index is 2.01. The molecular weight excluding hydrogens is 415 g/mol. The molecule has 0 saturated heterocycles. The van der Waals surface area contributed by atoms with Gasteiger partial charge >= 0.3 is 5.97 Å². The zero-order valence-corrected chi connectivity index (χ0v) is 16.5. The summed E-state index contributed by atoms with van der Waals surface area (Å²) < 4.78 is 21.1. The number of nitriles is 1. The van der Waals surface area contributed by atoms with E-state index in [0.717, 1.165) is 10.0 Å². The van der Waals surface area contributed by atoms with E-state index in [9.17, 15) is 4.79 Å². The zero-order chi connectivity index (χ0) is 19.6. The van der Waals surface area contributed by atoms with E-state index in [1.54, 1.807) is 11.0 Å². The molecule has 6 nitrogen and oxygen atoms in total. The van der Waals surface area contributed by atoms with E-state index in [1.807, 2.05) is 25.1 Å². The highest BCUT2D eigenvalue weighted by Crippen LogP contribution is 2.35. The molecule has 1 aromatic carbocycles. The number of rotatable bonds is 5. The van der Waals surface area contributed by atoms with Gasteiger partial charge in [-0.25, -0.2) is 9.18 Å². The summed E-state index contributed by atoms with van der Waals surface area (Å²) in [4.78, 5) is 18.2. The van der Waals surface area contributed by atoms with Gasteiger partial charge in [0, 0.05) is 22.4 Å². The molecule has 2 unspecified atom stereocenters. The Morgan fingerprint density at radius 1 is 1.52 bits per heavy atom. The number of esters is 1. The van der Waals surface area contributed by atoms with Crippen LogP contribution in [0.2, 0.25) is 0 Å². The number of hydrogen-bond acceptors (Lipinski definition) is 6. The van der Waals surface area contributed by atoms with Crippen LogP contribution >= 0.6 is 15.9 Å². The first-order valence-corrected chi connectivity index (χ1v) is 9.13. The number of nitrogens with one attached hydrogen (secondary N) is 1. The van der Waals surface area contributed by atoms with E-state index >= 15 is 4.39 Å². The van der Waals surface area contributed by atoms with Crippen molar-refractivity contribution >= 4 is 33.9 Å². The SMILES string of the molecule is COC(=O)C1=C(Nc2ccc(Br)cc2C)C(F)C2N=CN(CCC#N)C2=C1. The molecule has 8 heteroatoms. The van der Waals surface area contributed by atoms with E-state index < -0.39 is 18.2 Å². The van der Waals surface area contributed by atoms with Gasteiger partial charge in [0.2, 0.25) is 0 Å². The number of hydrogen-bond donors (Lipinski definition) is 1. The van der Waals surface area contributed by atoms with Crippen molar-refractivity contribution in [3.8, 4) is 6.07 Å². The van der Waals surface area contributed by atoms with Gasteiger partial charge in [-0.2, -0.15) is 5.26 Å². The summed E-state index contributed by atoms with van der Waals surface area (Å²) in [5.41, 5.74) is 2.38. The number of aliphatic imine (C=N–C) groups is 1. The third-order valence-corrected chi connectivity index (χ3v) is 4.96. The minimum atomic E-state index is -1.54. The smallest absolute Gasteiger partial charge is 0.339 e. The number of halogens is 2. The van der Waals surface area contributed by atoms with Crippen molar-refractivity contribution in [3.63, 3.8) is 0 Å². The van der Waals surface area contributed by atoms with Gasteiger partial charge < -0.3 is 15.0 Å². The normalized spacial score (nSPS) is 20.9. The minimum absolute atomic E-state index is 0.117. The number of ether oxygens (including phenoxy) is 1. The molecule has 0 bridgehead atoms. The second-order valence-corrected chi connectivity index (χ2v) is 7.10. The van der Waals surface area contributed by atoms with Crippen LogP contribution in [0.3, 0.4) is 0 Å². The summed E-state index contributed by atoms with van der Waals surface area (Å²) in [5.74, 6) is -0.631. The minimum Gasteiger partial charge on any atom is -0.465 e. The van der Waals surface area contributed by atoms with Gasteiger partial charge in [0.1, 0.15) is 6.04 Å². The first-order valence-electron chi connectivity index (χ1n) is 8.34. The lowest BCUT2D eigenvalue weighted by Gasteiger charge is -2.29. The Hall–Kier alpha value is -2.66. The third kappa shape index (κ3) is 3.74. The molecule has 1 aliphatic heterocycles. The molecule has 0 fully saturated rings. The summed E-state index contributed by atoms with van der Waals surface area (Å²) in [5, 5.41) is 11.8. The summed E-state index contributed by atoms with van der Waals surface area (Å²) in [6.07, 6.45) is 1.84. The van der Waals surface area contributed by atoms with Gasteiger partial charge in [0.05, 0.1) is 37.2 Å². The highest BCUT2D eigenvalue weighted by molar-refractivity contribution is 9.10. The van der Waals surface area contributed by atoms with Crippen molar-refractivity contribution in [2.45, 2.75) is 25.6 Å². The van der Waals surface area contributed by atoms with Crippen molar-refractivity contribution in [2.75, 3.05) is 19.0 Å². The third-order valence-electron chi connectivity index (χ3n) is 4.46. The van der Waals surface area contributed by atoms with Gasteiger partial charge in [-0.05, 0) is 36.8 Å². The molecule has 2 atom stereocenters. The summed E-state index contributed by atoms with van der Waals surface area (Å²) in [6, 6.07) is 6.84. The molecule has 0 saturated carbocycles. The van der Waals surface area contributed by atoms with Crippen molar-refractivity contribution in [1.29, 1.82) is 5.26 Å². The van der Waals surface area contributed by atoms with Crippen molar-refractivity contribution in [2.24, 2.45) is 4.99 Å². The van der Waals surface area contributed by atoms with E-state index in [-0.39, 0.29) is 17.7 Å². The Kier molecular flexibility index (Phi) is 5.61. The molecule has 0 radical (unpaired) electrons. The highest BCUT2D eigenvalue weighted by atomic mass is 79.9. The van der Waals surface area contributed by atoms with Crippen LogP contribution < -0.4 is 5.32 Å². The summed E-state index contributed by atoms with van der Waals surface area (Å²) in [6.45, 7) is 2.28. The first kappa shape index (κ1) is 19.1. The molecule has 3 rings (SSSR count). The monoisotopic (exact) mass is 432 g/mol. The average molecular weight is 433 g/mol. The number of fused-ring (bicyclic) bond motifs is 1. The standard InChI is InChI=1S/C19H18BrFN4O2/c1-11-8-12(20)4-5-14(11)24-17-13(19(26)27-2)9-15-18(16(17)21)23-10-25(15)7-3-6-22/h4-5,8-10,16,18,24H,3,7H2,1-2H3. The van der Waals surface area contributed by atoms with Crippen LogP contribution in [0.15, 0.2) is 50.7 Å². The first-order chi connectivity index (χ1) is 13.0. The number of carbonyl (C=O) groups excluding carboxylic acids is 1. The van der Waals surface area contributed by atoms with E-state index in [2.05, 4.69) is 32.3 Å². The average Bonchev–Trinajstić information content (AvgIpc) is 3.06. The van der Waals surface area contributed by atoms with Gasteiger partial charge in [0.25, 0.3) is 0 Å². The van der Waals surface area contributed by atoms with Crippen LogP contribution in [0.4, 0.5) is 10.1 Å². The van der Waals surface area contributed by atoms with Crippen LogP contribution in [0.1, 0.15) is 12.0 Å². The van der Waals surface area contributed by atoms with Gasteiger partial charge in [-0.15, -0.1) is 0 Å². The molecule has 0 spiro atoms. The Labute approximate surface area is 165 Å². The molecule has 1 aliphatic carbocycles. The summed E-state index contributed by atoms with van der Waals surface area (Å²) in [7, 11) is 1.26. The van der Waals surface area contributed by atoms with Crippen molar-refractivity contribution in [3.05, 3.63) is 51.3 Å². The highest BCUT2D eigenvalue weighted by Gasteiger charge is 2.40. The van der Waals surface area contributed by atoms with Crippen LogP contribution in [0.25, 0.3) is 0 Å². The van der Waals surface area contributed by atoms with Gasteiger partial charge in [0.15, 0.2) is 6.17 Å².